The molecule has 3 aromatic rings. The summed E-state index contributed by atoms with van der Waals surface area (Å²) in [6.07, 6.45) is 2.12. The zero-order valence-corrected chi connectivity index (χ0v) is 16.7. The normalized spacial score (nSPS) is 12.0. The van der Waals surface area contributed by atoms with E-state index >= 15 is 0 Å². The maximum absolute atomic E-state index is 11.7. The van der Waals surface area contributed by atoms with Crippen molar-refractivity contribution in [3.8, 4) is 5.75 Å². The van der Waals surface area contributed by atoms with Gasteiger partial charge in [0.25, 0.3) is 0 Å². The summed E-state index contributed by atoms with van der Waals surface area (Å²) in [7, 11) is 0. The van der Waals surface area contributed by atoms with Gasteiger partial charge in [-0.15, -0.1) is 0 Å². The number of ether oxygens (including phenoxy) is 1. The Bertz CT molecular complexity index is 970. The summed E-state index contributed by atoms with van der Waals surface area (Å²) in [4.78, 5) is 16.5. The molecule has 1 atom stereocenters. The van der Waals surface area contributed by atoms with Crippen LogP contribution in [0.3, 0.4) is 0 Å². The summed E-state index contributed by atoms with van der Waals surface area (Å²) in [6.45, 7) is 11.0. The smallest absolute Gasteiger partial charge is 0.243 e. The van der Waals surface area contributed by atoms with E-state index in [4.69, 9.17) is 9.72 Å². The van der Waals surface area contributed by atoms with Crippen LogP contribution in [0.5, 0.6) is 5.75 Å². The number of hydrogen-bond acceptors (Lipinski definition) is 3. The zero-order valence-electron chi connectivity index (χ0n) is 16.7. The van der Waals surface area contributed by atoms with Gasteiger partial charge in [0.15, 0.2) is 0 Å². The van der Waals surface area contributed by atoms with Gasteiger partial charge >= 0.3 is 0 Å². The van der Waals surface area contributed by atoms with Crippen LogP contribution in [0.4, 0.5) is 0 Å². The molecule has 0 bridgehead atoms. The minimum absolute atomic E-state index is 0.204. The van der Waals surface area contributed by atoms with Gasteiger partial charge < -0.3 is 14.6 Å². The molecule has 5 nitrogen and oxygen atoms in total. The molecule has 0 aliphatic heterocycles. The maximum Gasteiger partial charge on any atom is 0.243 e. The Labute approximate surface area is 166 Å². The van der Waals surface area contributed by atoms with Gasteiger partial charge in [0, 0.05) is 6.54 Å². The van der Waals surface area contributed by atoms with Crippen molar-refractivity contribution < 1.29 is 9.53 Å². The number of fused-ring (bicyclic) bond motifs is 1. The average Bonchev–Trinajstić information content (AvgIpc) is 3.05. The molecule has 1 aromatic heterocycles. The van der Waals surface area contributed by atoms with E-state index in [-0.39, 0.29) is 11.9 Å². The van der Waals surface area contributed by atoms with Gasteiger partial charge in [0.05, 0.1) is 23.7 Å². The first-order valence-corrected chi connectivity index (χ1v) is 9.58. The minimum Gasteiger partial charge on any atom is -0.493 e. The van der Waals surface area contributed by atoms with Crippen LogP contribution in [0.2, 0.25) is 0 Å². The third kappa shape index (κ3) is 4.25. The SMILES string of the molecule is C=CC(=O)NC(C)c1nc2ccccc2n1CCCOc1c(C)cccc1C. The Morgan fingerprint density at radius 3 is 2.64 bits per heavy atom. The van der Waals surface area contributed by atoms with Gasteiger partial charge in [0.1, 0.15) is 11.6 Å². The average molecular weight is 377 g/mol. The monoisotopic (exact) mass is 377 g/mol. The fourth-order valence-corrected chi connectivity index (χ4v) is 3.42. The lowest BCUT2D eigenvalue weighted by Gasteiger charge is -2.16. The summed E-state index contributed by atoms with van der Waals surface area (Å²) < 4.78 is 8.21. The summed E-state index contributed by atoms with van der Waals surface area (Å²) in [5, 5.41) is 2.91. The Hall–Kier alpha value is -3.08. The fourth-order valence-electron chi connectivity index (χ4n) is 3.42. The number of para-hydroxylation sites is 3. The predicted molar refractivity (Wildman–Crippen MR) is 113 cm³/mol. The number of hydrogen-bond donors (Lipinski definition) is 1. The van der Waals surface area contributed by atoms with Gasteiger partial charge in [-0.1, -0.05) is 36.9 Å². The van der Waals surface area contributed by atoms with Gasteiger partial charge in [0.2, 0.25) is 5.91 Å². The van der Waals surface area contributed by atoms with Crippen molar-refractivity contribution in [2.45, 2.75) is 39.8 Å². The summed E-state index contributed by atoms with van der Waals surface area (Å²) in [6, 6.07) is 14.0. The van der Waals surface area contributed by atoms with Crippen molar-refractivity contribution in [3.63, 3.8) is 0 Å². The van der Waals surface area contributed by atoms with Crippen molar-refractivity contribution in [2.24, 2.45) is 0 Å². The van der Waals surface area contributed by atoms with Crippen LogP contribution >= 0.6 is 0 Å². The summed E-state index contributed by atoms with van der Waals surface area (Å²) in [5.74, 6) is 1.60. The van der Waals surface area contributed by atoms with E-state index in [1.807, 2.05) is 31.2 Å². The fraction of sp³-hybridized carbons (Fsp3) is 0.304. The zero-order chi connectivity index (χ0) is 20.1. The number of aryl methyl sites for hydroxylation is 3. The molecule has 1 amide bonds. The molecular weight excluding hydrogens is 350 g/mol. The molecule has 0 saturated heterocycles. The highest BCUT2D eigenvalue weighted by atomic mass is 16.5. The van der Waals surface area contributed by atoms with E-state index in [0.717, 1.165) is 46.7 Å². The molecule has 0 saturated carbocycles. The van der Waals surface area contributed by atoms with Crippen LogP contribution in [-0.4, -0.2) is 22.1 Å². The lowest BCUT2D eigenvalue weighted by atomic mass is 10.1. The van der Waals surface area contributed by atoms with Gasteiger partial charge in [-0.2, -0.15) is 0 Å². The highest BCUT2D eigenvalue weighted by Gasteiger charge is 2.17. The highest BCUT2D eigenvalue weighted by molar-refractivity contribution is 5.87. The van der Waals surface area contributed by atoms with Crippen LogP contribution in [0.15, 0.2) is 55.1 Å². The molecule has 3 rings (SSSR count). The molecule has 1 unspecified atom stereocenters. The van der Waals surface area contributed by atoms with Crippen LogP contribution in [0.1, 0.15) is 36.3 Å². The molecule has 0 spiro atoms. The second kappa shape index (κ2) is 8.74. The first kappa shape index (κ1) is 19.7. The quantitative estimate of drug-likeness (QED) is 0.465. The third-order valence-corrected chi connectivity index (χ3v) is 4.80. The lowest BCUT2D eigenvalue weighted by molar-refractivity contribution is -0.117. The third-order valence-electron chi connectivity index (χ3n) is 4.80. The predicted octanol–water partition coefficient (Wildman–Crippen LogP) is 4.49. The number of benzene rings is 2. The number of nitrogens with zero attached hydrogens (tertiary/aromatic N) is 2. The number of aromatic nitrogens is 2. The molecule has 0 fully saturated rings. The number of amides is 1. The molecule has 28 heavy (non-hydrogen) atoms. The van der Waals surface area contributed by atoms with Crippen LogP contribution < -0.4 is 10.1 Å². The number of carbonyl (C=O) groups excluding carboxylic acids is 1. The molecule has 2 aromatic carbocycles. The molecule has 146 valence electrons. The number of rotatable bonds is 8. The van der Waals surface area contributed by atoms with Crippen molar-refractivity contribution in [1.29, 1.82) is 0 Å². The Morgan fingerprint density at radius 2 is 1.93 bits per heavy atom. The lowest BCUT2D eigenvalue weighted by Crippen LogP contribution is -2.27. The van der Waals surface area contributed by atoms with E-state index < -0.39 is 0 Å². The molecule has 0 aliphatic carbocycles. The maximum atomic E-state index is 11.7. The largest absolute Gasteiger partial charge is 0.493 e. The van der Waals surface area contributed by atoms with Crippen molar-refractivity contribution >= 4 is 16.9 Å². The van der Waals surface area contributed by atoms with Gasteiger partial charge in [-0.3, -0.25) is 4.79 Å². The van der Waals surface area contributed by atoms with Crippen molar-refractivity contribution in [1.82, 2.24) is 14.9 Å². The molecule has 1 N–H and O–H groups in total. The van der Waals surface area contributed by atoms with E-state index in [1.165, 1.54) is 6.08 Å². The second-order valence-electron chi connectivity index (χ2n) is 6.97. The topological polar surface area (TPSA) is 56.2 Å². The Morgan fingerprint density at radius 1 is 1.21 bits per heavy atom. The van der Waals surface area contributed by atoms with Gasteiger partial charge in [-0.25, -0.2) is 4.98 Å². The molecule has 1 heterocycles. The molecule has 0 aliphatic rings. The van der Waals surface area contributed by atoms with E-state index in [2.05, 4.69) is 48.5 Å². The standard InChI is InChI=1S/C23H27N3O2/c1-5-21(27)24-18(4)23-25-19-12-6-7-13-20(19)26(23)14-9-15-28-22-16(2)10-8-11-17(22)3/h5-8,10-13,18H,1,9,14-15H2,2-4H3,(H,24,27). The highest BCUT2D eigenvalue weighted by Crippen LogP contribution is 2.24. The van der Waals surface area contributed by atoms with E-state index in [9.17, 15) is 4.79 Å². The van der Waals surface area contributed by atoms with Crippen LogP contribution in [0.25, 0.3) is 11.0 Å². The van der Waals surface area contributed by atoms with Crippen molar-refractivity contribution in [3.05, 3.63) is 72.1 Å². The van der Waals surface area contributed by atoms with E-state index in [0.29, 0.717) is 6.61 Å². The first-order valence-electron chi connectivity index (χ1n) is 9.58. The first-order chi connectivity index (χ1) is 13.5. The summed E-state index contributed by atoms with van der Waals surface area (Å²) in [5.41, 5.74) is 4.28. The Balaban J connectivity index is 1.75. The second-order valence-corrected chi connectivity index (χ2v) is 6.97. The van der Waals surface area contributed by atoms with Crippen molar-refractivity contribution in [2.75, 3.05) is 6.61 Å². The van der Waals surface area contributed by atoms with Gasteiger partial charge in [-0.05, 0) is 56.5 Å². The minimum atomic E-state index is -0.211. The molecule has 5 heteroatoms. The number of imidazole rings is 1. The van der Waals surface area contributed by atoms with E-state index in [1.54, 1.807) is 0 Å². The molecular formula is C23H27N3O2. The number of nitrogens with one attached hydrogen (secondary N) is 1. The van der Waals surface area contributed by atoms with Crippen LogP contribution in [-0.2, 0) is 11.3 Å². The Kier molecular flexibility index (Phi) is 6.14. The molecule has 0 radical (unpaired) electrons. The number of carbonyl (C=O) groups is 1. The van der Waals surface area contributed by atoms with Crippen LogP contribution in [0, 0.1) is 13.8 Å². The summed E-state index contributed by atoms with van der Waals surface area (Å²) >= 11 is 0.